The van der Waals surface area contributed by atoms with Crippen molar-refractivity contribution >= 4 is 11.9 Å². The average Bonchev–Trinajstić information content (AvgIpc) is 3.43. The lowest BCUT2D eigenvalue weighted by Crippen LogP contribution is -2.31. The Hall–Kier alpha value is -4.08. The number of allylic oxidation sites excluding steroid dienone is 1. The Balaban J connectivity index is 2.21. The Bertz CT molecular complexity index is 1340. The van der Waals surface area contributed by atoms with Gasteiger partial charge in [0.15, 0.2) is 23.0 Å². The van der Waals surface area contributed by atoms with E-state index in [1.54, 1.807) is 32.1 Å². The maximum atomic E-state index is 13.2. The molecule has 1 heterocycles. The zero-order chi connectivity index (χ0) is 29.3. The Kier molecular flexibility index (Phi) is 8.37. The molecule has 2 aliphatic rings. The molecule has 0 fully saturated rings. The molecule has 10 heteroatoms. The van der Waals surface area contributed by atoms with Crippen LogP contribution in [0.2, 0.25) is 0 Å². The van der Waals surface area contributed by atoms with Crippen LogP contribution in [0.15, 0.2) is 23.8 Å². The summed E-state index contributed by atoms with van der Waals surface area (Å²) in [6.07, 6.45) is 0.124. The number of carbonyl (C=O) groups excluding carboxylic acids is 2. The van der Waals surface area contributed by atoms with E-state index in [2.05, 4.69) is 0 Å². The lowest BCUT2D eigenvalue weighted by atomic mass is 9.74. The zero-order valence-corrected chi connectivity index (χ0v) is 24.3. The number of rotatable bonds is 7. The minimum absolute atomic E-state index is 0.00241. The van der Waals surface area contributed by atoms with Crippen LogP contribution in [0.3, 0.4) is 0 Å². The van der Waals surface area contributed by atoms with Gasteiger partial charge in [-0.25, -0.2) is 4.79 Å². The van der Waals surface area contributed by atoms with Gasteiger partial charge in [0, 0.05) is 46.6 Å². The molecular weight excluding hydrogens is 520 g/mol. The smallest absolute Gasteiger partial charge is 0.333 e. The molecule has 0 saturated carbocycles. The van der Waals surface area contributed by atoms with Crippen molar-refractivity contribution < 1.29 is 47.5 Å². The van der Waals surface area contributed by atoms with E-state index in [-0.39, 0.29) is 18.6 Å². The monoisotopic (exact) mass is 556 g/mol. The molecule has 0 saturated heterocycles. The third-order valence-corrected chi connectivity index (χ3v) is 7.64. The zero-order valence-electron chi connectivity index (χ0n) is 24.3. The number of fused-ring (bicyclic) bond motifs is 4. The Labute approximate surface area is 234 Å². The summed E-state index contributed by atoms with van der Waals surface area (Å²) in [6.45, 7) is 8.72. The summed E-state index contributed by atoms with van der Waals surface area (Å²) in [5.74, 6) is 0.625. The Morgan fingerprint density at radius 1 is 0.800 bits per heavy atom. The van der Waals surface area contributed by atoms with Crippen LogP contribution in [0.25, 0.3) is 11.1 Å². The minimum atomic E-state index is -0.803. The third kappa shape index (κ3) is 4.76. The second-order valence-electron chi connectivity index (χ2n) is 9.76. The van der Waals surface area contributed by atoms with Crippen LogP contribution in [-0.4, -0.2) is 47.2 Å². The van der Waals surface area contributed by atoms with Crippen LogP contribution in [-0.2, 0) is 19.1 Å². The molecule has 10 nitrogen and oxygen atoms in total. The lowest BCUT2D eigenvalue weighted by Gasteiger charge is -2.38. The van der Waals surface area contributed by atoms with E-state index in [1.807, 2.05) is 13.8 Å². The van der Waals surface area contributed by atoms with Crippen LogP contribution < -0.4 is 28.4 Å². The van der Waals surface area contributed by atoms with Crippen LogP contribution in [0, 0.1) is 11.8 Å². The van der Waals surface area contributed by atoms with Gasteiger partial charge in [0.2, 0.25) is 18.3 Å². The van der Waals surface area contributed by atoms with Gasteiger partial charge in [0.25, 0.3) is 0 Å². The highest BCUT2D eigenvalue weighted by Crippen LogP contribution is 2.60. The molecule has 1 aliphatic carbocycles. The fourth-order valence-corrected chi connectivity index (χ4v) is 5.33. The minimum Gasteiger partial charge on any atom is -0.493 e. The van der Waals surface area contributed by atoms with Crippen LogP contribution >= 0.6 is 0 Å². The molecule has 4 atom stereocenters. The first-order valence-corrected chi connectivity index (χ1v) is 13.0. The average molecular weight is 557 g/mol. The molecule has 0 radical (unpaired) electrons. The summed E-state index contributed by atoms with van der Waals surface area (Å²) >= 11 is 0. The number of carbonyl (C=O) groups is 2. The lowest BCUT2D eigenvalue weighted by molar-refractivity contribution is -0.157. The highest BCUT2D eigenvalue weighted by molar-refractivity contribution is 5.91. The highest BCUT2D eigenvalue weighted by atomic mass is 16.7. The first-order valence-electron chi connectivity index (χ1n) is 13.0. The molecule has 0 unspecified atom stereocenters. The van der Waals surface area contributed by atoms with E-state index in [9.17, 15) is 9.59 Å². The van der Waals surface area contributed by atoms with Gasteiger partial charge in [-0.3, -0.25) is 4.79 Å². The van der Waals surface area contributed by atoms with E-state index in [1.165, 1.54) is 35.4 Å². The van der Waals surface area contributed by atoms with Crippen LogP contribution in [0.1, 0.15) is 58.0 Å². The quantitative estimate of drug-likeness (QED) is 0.318. The Morgan fingerprint density at radius 3 is 1.93 bits per heavy atom. The number of methoxy groups -OCH3 is 4. The largest absolute Gasteiger partial charge is 0.493 e. The molecule has 216 valence electrons. The van der Waals surface area contributed by atoms with Gasteiger partial charge < -0.3 is 37.9 Å². The van der Waals surface area contributed by atoms with Gasteiger partial charge >= 0.3 is 11.9 Å². The van der Waals surface area contributed by atoms with Gasteiger partial charge in [-0.05, 0) is 26.0 Å². The van der Waals surface area contributed by atoms with Gasteiger partial charge in [0.05, 0.1) is 28.4 Å². The summed E-state index contributed by atoms with van der Waals surface area (Å²) in [4.78, 5) is 25.6. The maximum Gasteiger partial charge on any atom is 0.333 e. The van der Waals surface area contributed by atoms with Crippen molar-refractivity contribution in [2.45, 2.75) is 46.8 Å². The van der Waals surface area contributed by atoms with E-state index >= 15 is 0 Å². The van der Waals surface area contributed by atoms with Crippen LogP contribution in [0.5, 0.6) is 34.5 Å². The molecule has 0 bridgehead atoms. The normalized spacial score (nSPS) is 21.3. The molecule has 2 aromatic rings. The number of hydrogen-bond donors (Lipinski definition) is 0. The number of hydrogen-bond acceptors (Lipinski definition) is 10. The predicted octanol–water partition coefficient (Wildman–Crippen LogP) is 5.56. The predicted molar refractivity (Wildman–Crippen MR) is 145 cm³/mol. The van der Waals surface area contributed by atoms with Crippen molar-refractivity contribution in [3.05, 3.63) is 34.9 Å². The van der Waals surface area contributed by atoms with Gasteiger partial charge in [0.1, 0.15) is 12.2 Å². The SMILES string of the molecule is CC=C(C)C(=O)O[C@H]1c2cc(OC)c(OC)c(OC)c2-c2c(cc3c(c2OC)OCO3)[C@H](OC(C)=O)[C@H](C)[C@@H]1C. The maximum absolute atomic E-state index is 13.2. The molecular formula is C30H36O10. The summed E-state index contributed by atoms with van der Waals surface area (Å²) in [5, 5.41) is 0. The summed E-state index contributed by atoms with van der Waals surface area (Å²) in [6, 6.07) is 3.58. The number of ether oxygens (including phenoxy) is 8. The molecule has 0 N–H and O–H groups in total. The molecule has 2 aromatic carbocycles. The third-order valence-electron chi connectivity index (χ3n) is 7.64. The summed E-state index contributed by atoms with van der Waals surface area (Å²) < 4.78 is 47.0. The fraction of sp³-hybridized carbons (Fsp3) is 0.467. The summed E-state index contributed by atoms with van der Waals surface area (Å²) in [5.41, 5.74) is 2.74. The topological polar surface area (TPSA) is 108 Å². The standard InChI is InChI=1S/C30H36O10/c1-10-14(2)30(32)40-25-16(4)15(3)24(39-17(5)31)19-12-21-27(38-13-37-21)29(36-9)23(19)22-18(25)11-20(33-6)26(34-7)28(22)35-8/h10-12,15-16,24-25H,13H2,1-9H3/t15-,16+,24-,25-/m1/s1. The van der Waals surface area contributed by atoms with Crippen molar-refractivity contribution in [2.24, 2.45) is 11.8 Å². The molecule has 1 aliphatic heterocycles. The van der Waals surface area contributed by atoms with Crippen molar-refractivity contribution in [2.75, 3.05) is 35.2 Å². The first-order chi connectivity index (χ1) is 19.1. The van der Waals surface area contributed by atoms with Crippen molar-refractivity contribution in [1.29, 1.82) is 0 Å². The van der Waals surface area contributed by atoms with Crippen LogP contribution in [0.4, 0.5) is 0 Å². The summed E-state index contributed by atoms with van der Waals surface area (Å²) in [7, 11) is 6.05. The molecule has 0 spiro atoms. The van der Waals surface area contributed by atoms with Crippen molar-refractivity contribution in [3.63, 3.8) is 0 Å². The van der Waals surface area contributed by atoms with Gasteiger partial charge in [-0.15, -0.1) is 0 Å². The molecule has 0 aromatic heterocycles. The number of benzene rings is 2. The molecule has 0 amide bonds. The fourth-order valence-electron chi connectivity index (χ4n) is 5.33. The van der Waals surface area contributed by atoms with E-state index in [0.29, 0.717) is 62.3 Å². The van der Waals surface area contributed by atoms with E-state index in [0.717, 1.165) is 0 Å². The second kappa shape index (κ2) is 11.6. The number of esters is 2. The van der Waals surface area contributed by atoms with Crippen molar-refractivity contribution in [3.8, 4) is 45.6 Å². The van der Waals surface area contributed by atoms with Crippen molar-refractivity contribution in [1.82, 2.24) is 0 Å². The van der Waals surface area contributed by atoms with Gasteiger partial charge in [-0.2, -0.15) is 0 Å². The highest BCUT2D eigenvalue weighted by Gasteiger charge is 2.44. The first kappa shape index (κ1) is 28.9. The molecule has 40 heavy (non-hydrogen) atoms. The second-order valence-corrected chi connectivity index (χ2v) is 9.76. The van der Waals surface area contributed by atoms with E-state index in [4.69, 9.17) is 37.9 Å². The Morgan fingerprint density at radius 2 is 1.38 bits per heavy atom. The molecule has 4 rings (SSSR count). The van der Waals surface area contributed by atoms with Gasteiger partial charge in [-0.1, -0.05) is 19.9 Å². The van der Waals surface area contributed by atoms with E-state index < -0.39 is 24.1 Å².